The molecule has 0 aromatic rings. The van der Waals surface area contributed by atoms with Crippen LogP contribution >= 0.6 is 0 Å². The van der Waals surface area contributed by atoms with E-state index >= 15 is 0 Å². The van der Waals surface area contributed by atoms with E-state index in [1.54, 1.807) is 13.2 Å². The van der Waals surface area contributed by atoms with Crippen molar-refractivity contribution in [2.24, 2.45) is 17.8 Å². The van der Waals surface area contributed by atoms with Crippen LogP contribution in [0.5, 0.6) is 0 Å². The van der Waals surface area contributed by atoms with Gasteiger partial charge in [-0.1, -0.05) is 0 Å². The van der Waals surface area contributed by atoms with E-state index in [0.717, 1.165) is 24.7 Å². The van der Waals surface area contributed by atoms with Gasteiger partial charge in [0.2, 0.25) is 5.96 Å². The highest BCUT2D eigenvalue weighted by atomic mass is 15.2. The van der Waals surface area contributed by atoms with Gasteiger partial charge in [-0.2, -0.15) is 5.26 Å². The molecule has 5 unspecified atom stereocenters. The number of nitriles is 1. The van der Waals surface area contributed by atoms with Gasteiger partial charge in [-0.05, 0) is 49.9 Å². The molecular weight excluding hydrogens is 266 g/mol. The normalized spacial score (nSPS) is 39.2. The van der Waals surface area contributed by atoms with E-state index in [4.69, 9.17) is 16.1 Å². The van der Waals surface area contributed by atoms with E-state index in [0.29, 0.717) is 11.9 Å². The highest BCUT2D eigenvalue weighted by molar-refractivity contribution is 5.80. The average molecular weight is 289 g/mol. The van der Waals surface area contributed by atoms with Crippen molar-refractivity contribution in [3.05, 3.63) is 0 Å². The number of fused-ring (bicyclic) bond motifs is 2. The Balaban J connectivity index is 1.85. The predicted octanol–water partition coefficient (Wildman–Crippen LogP) is 0.273. The number of guanidine groups is 2. The molecule has 0 radical (unpaired) electrons. The minimum Gasteiger partial charge on any atom is -0.360 e. The maximum absolute atomic E-state index is 8.70. The van der Waals surface area contributed by atoms with Crippen LogP contribution in [0, 0.1) is 40.0 Å². The second-order valence-electron chi connectivity index (χ2n) is 6.63. The minimum atomic E-state index is -0.218. The topological polar surface area (TPSA) is 120 Å². The predicted molar refractivity (Wildman–Crippen MR) is 79.6 cm³/mol. The molecule has 0 heterocycles. The zero-order valence-electron chi connectivity index (χ0n) is 12.3. The lowest BCUT2D eigenvalue weighted by Crippen LogP contribution is -2.68. The van der Waals surface area contributed by atoms with Crippen molar-refractivity contribution >= 4 is 11.9 Å². The summed E-state index contributed by atoms with van der Waals surface area (Å²) in [7, 11) is 1.74. The Hall–Kier alpha value is -1.97. The van der Waals surface area contributed by atoms with Gasteiger partial charge in [0.15, 0.2) is 12.2 Å². The van der Waals surface area contributed by atoms with Crippen LogP contribution in [-0.4, -0.2) is 30.5 Å². The van der Waals surface area contributed by atoms with Crippen molar-refractivity contribution in [3.8, 4) is 6.19 Å². The van der Waals surface area contributed by atoms with E-state index in [2.05, 4.69) is 21.3 Å². The van der Waals surface area contributed by atoms with Crippen LogP contribution in [0.3, 0.4) is 0 Å². The second kappa shape index (κ2) is 5.10. The Kier molecular flexibility index (Phi) is 3.40. The molecule has 3 fully saturated rings. The zero-order chi connectivity index (χ0) is 15.0. The molecule has 0 aromatic carbocycles. The maximum atomic E-state index is 8.70. The Labute approximate surface area is 124 Å². The first-order valence-electron chi connectivity index (χ1n) is 7.62. The van der Waals surface area contributed by atoms with Gasteiger partial charge in [-0.3, -0.25) is 16.1 Å². The molecule has 114 valence electrons. The van der Waals surface area contributed by atoms with Crippen LogP contribution in [0.15, 0.2) is 0 Å². The van der Waals surface area contributed by atoms with Crippen molar-refractivity contribution in [2.45, 2.75) is 43.7 Å². The van der Waals surface area contributed by atoms with Gasteiger partial charge in [-0.15, -0.1) is 0 Å². The molecule has 5 atom stereocenters. The fraction of sp³-hybridized carbons (Fsp3) is 0.786. The molecule has 0 aromatic heterocycles. The number of hydrogen-bond donors (Lipinski definition) is 6. The second-order valence-corrected chi connectivity index (χ2v) is 6.63. The Morgan fingerprint density at radius 3 is 2.67 bits per heavy atom. The van der Waals surface area contributed by atoms with E-state index in [-0.39, 0.29) is 17.5 Å². The summed E-state index contributed by atoms with van der Waals surface area (Å²) in [4.78, 5) is 0. The number of nitrogens with zero attached hydrogens (tertiary/aromatic N) is 1. The van der Waals surface area contributed by atoms with Crippen LogP contribution in [0.25, 0.3) is 0 Å². The zero-order valence-corrected chi connectivity index (χ0v) is 12.3. The summed E-state index contributed by atoms with van der Waals surface area (Å²) in [6, 6.07) is 0.141. The lowest BCUT2D eigenvalue weighted by Gasteiger charge is -2.51. The Morgan fingerprint density at radius 2 is 1.95 bits per heavy atom. The molecule has 3 saturated carbocycles. The van der Waals surface area contributed by atoms with Crippen molar-refractivity contribution in [3.63, 3.8) is 0 Å². The molecule has 3 rings (SSSR count). The fourth-order valence-corrected chi connectivity index (χ4v) is 4.89. The van der Waals surface area contributed by atoms with Crippen LogP contribution in [0.1, 0.15) is 32.1 Å². The Bertz CT molecular complexity index is 496. The van der Waals surface area contributed by atoms with Gasteiger partial charge >= 0.3 is 0 Å². The van der Waals surface area contributed by atoms with Crippen molar-refractivity contribution < 1.29 is 0 Å². The molecule has 3 aliphatic rings. The number of rotatable bonds is 2. The molecule has 0 spiro atoms. The summed E-state index contributed by atoms with van der Waals surface area (Å²) in [6.45, 7) is 0. The summed E-state index contributed by atoms with van der Waals surface area (Å²) >= 11 is 0. The van der Waals surface area contributed by atoms with Crippen LogP contribution in [0.4, 0.5) is 0 Å². The monoisotopic (exact) mass is 289 g/mol. The molecule has 6 N–H and O–H groups in total. The maximum Gasteiger partial charge on any atom is 0.202 e. The lowest BCUT2D eigenvalue weighted by molar-refractivity contribution is 0.0934. The average Bonchev–Trinajstić information content (AvgIpc) is 2.76. The number of nitrogens with one attached hydrogen (secondary N) is 6. The molecule has 7 heteroatoms. The number of hydrogen-bond acceptors (Lipinski definition) is 3. The molecule has 3 bridgehead atoms. The molecular formula is C14H23N7. The van der Waals surface area contributed by atoms with Gasteiger partial charge in [0.1, 0.15) is 0 Å². The highest BCUT2D eigenvalue weighted by Crippen LogP contribution is 2.56. The molecule has 21 heavy (non-hydrogen) atoms. The van der Waals surface area contributed by atoms with Crippen LogP contribution in [0.2, 0.25) is 0 Å². The summed E-state index contributed by atoms with van der Waals surface area (Å²) in [5, 5.41) is 36.3. The SMILES string of the molecule is CNC(=N)NC1C2CC3CCC1(NC(=N)NC#N)CC3C2. The van der Waals surface area contributed by atoms with E-state index in [1.165, 1.54) is 19.3 Å². The summed E-state index contributed by atoms with van der Waals surface area (Å²) in [5.41, 5.74) is -0.218. The largest absolute Gasteiger partial charge is 0.360 e. The Morgan fingerprint density at radius 1 is 1.19 bits per heavy atom. The first kappa shape index (κ1) is 14.0. The minimum absolute atomic E-state index is 0.0695. The van der Waals surface area contributed by atoms with Crippen LogP contribution in [-0.2, 0) is 0 Å². The van der Waals surface area contributed by atoms with Gasteiger partial charge in [0.05, 0.1) is 11.6 Å². The third-order valence-electron chi connectivity index (χ3n) is 5.64. The smallest absolute Gasteiger partial charge is 0.202 e. The molecule has 0 aliphatic heterocycles. The summed E-state index contributed by atoms with van der Waals surface area (Å²) in [6.07, 6.45) is 7.45. The van der Waals surface area contributed by atoms with Gasteiger partial charge in [-0.25, -0.2) is 0 Å². The van der Waals surface area contributed by atoms with Gasteiger partial charge in [0, 0.05) is 7.05 Å². The van der Waals surface area contributed by atoms with Crippen LogP contribution < -0.4 is 21.3 Å². The molecule has 0 amide bonds. The van der Waals surface area contributed by atoms with Gasteiger partial charge in [0.25, 0.3) is 0 Å². The highest BCUT2D eigenvalue weighted by Gasteiger charge is 2.58. The third kappa shape index (κ3) is 2.28. The van der Waals surface area contributed by atoms with E-state index < -0.39 is 0 Å². The van der Waals surface area contributed by atoms with Crippen molar-refractivity contribution in [2.75, 3.05) is 7.05 Å². The summed E-state index contributed by atoms with van der Waals surface area (Å²) in [5.74, 6) is 2.48. The summed E-state index contributed by atoms with van der Waals surface area (Å²) < 4.78 is 0. The fourth-order valence-electron chi connectivity index (χ4n) is 4.89. The van der Waals surface area contributed by atoms with Gasteiger partial charge < -0.3 is 16.0 Å². The molecule has 3 aliphatic carbocycles. The first-order chi connectivity index (χ1) is 10.1. The van der Waals surface area contributed by atoms with Crippen molar-refractivity contribution in [1.29, 1.82) is 16.1 Å². The van der Waals surface area contributed by atoms with Crippen molar-refractivity contribution in [1.82, 2.24) is 21.3 Å². The first-order valence-corrected chi connectivity index (χ1v) is 7.62. The molecule has 0 saturated heterocycles. The van der Waals surface area contributed by atoms with E-state index in [9.17, 15) is 0 Å². The third-order valence-corrected chi connectivity index (χ3v) is 5.64. The van der Waals surface area contributed by atoms with E-state index in [1.807, 2.05) is 0 Å². The quantitative estimate of drug-likeness (QED) is 0.189. The standard InChI is InChI=1S/C14H23N7/c1-18-12(16)20-11-9-4-8-2-3-14(11,6-10(8)5-9)21-13(17)19-7-15/h8-11H,2-6H2,1H3,(H3,16,18,20)(H3,17,19,21). The molecule has 7 nitrogen and oxygen atoms in total. The lowest BCUT2D eigenvalue weighted by atomic mass is 9.64.